The molecule has 0 rings (SSSR count). The van der Waals surface area contributed by atoms with Gasteiger partial charge in [0, 0.05) is 17.4 Å². The van der Waals surface area contributed by atoms with Gasteiger partial charge in [-0.1, -0.05) is 34.8 Å². The van der Waals surface area contributed by atoms with Gasteiger partial charge in [0.1, 0.15) is 0 Å². The number of hydrogen-bond donors (Lipinski definition) is 0. The van der Waals surface area contributed by atoms with Crippen LogP contribution in [0.15, 0.2) is 0 Å². The van der Waals surface area contributed by atoms with Crippen LogP contribution in [-0.4, -0.2) is 8.25 Å². The Morgan fingerprint density at radius 1 is 0.600 bits per heavy atom. The van der Waals surface area contributed by atoms with Crippen molar-refractivity contribution in [2.24, 2.45) is 0 Å². The van der Waals surface area contributed by atoms with Gasteiger partial charge in [-0.15, -0.1) is 0 Å². The summed E-state index contributed by atoms with van der Waals surface area (Å²) in [5.41, 5.74) is 0. The summed E-state index contributed by atoms with van der Waals surface area (Å²) in [5, 5.41) is 0. The fourth-order valence-electron chi connectivity index (χ4n) is 0.0634. The van der Waals surface area contributed by atoms with Gasteiger partial charge < -0.3 is 0 Å². The van der Waals surface area contributed by atoms with Gasteiger partial charge in [0.15, 0.2) is 0 Å². The molecule has 0 amide bonds. The first-order chi connectivity index (χ1) is 8.81. The molecule has 0 unspecified atom stereocenters. The molecule has 0 atom stereocenters. The summed E-state index contributed by atoms with van der Waals surface area (Å²) in [6.45, 7) is 28.9. The van der Waals surface area contributed by atoms with Crippen LogP contribution in [0, 0.1) is 39.8 Å². The quantitative estimate of drug-likeness (QED) is 0.249. The van der Waals surface area contributed by atoms with Gasteiger partial charge in [-0.25, -0.2) is 6.57 Å². The Labute approximate surface area is 151 Å². The normalized spacial score (nSPS) is 6.30. The molecule has 0 aliphatic rings. The summed E-state index contributed by atoms with van der Waals surface area (Å²) in [6, 6.07) is 0. The van der Waals surface area contributed by atoms with Crippen LogP contribution in [0.2, 0.25) is 0 Å². The maximum absolute atomic E-state index is 7.50. The van der Waals surface area contributed by atoms with Gasteiger partial charge in [0.25, 0.3) is 3.79 Å². The molecule has 0 bridgehead atoms. The molecule has 0 aliphatic heterocycles. The third-order valence-electron chi connectivity index (χ3n) is 0.481. The first-order valence-corrected chi connectivity index (χ1v) is 4.55. The molecule has 12 heteroatoms. The van der Waals surface area contributed by atoms with E-state index in [0.29, 0.717) is 0 Å². The van der Waals surface area contributed by atoms with Gasteiger partial charge >= 0.3 is 61.0 Å². The number of halogens is 5. The molecule has 0 heterocycles. The Balaban J connectivity index is -0.0000000261. The van der Waals surface area contributed by atoms with Crippen LogP contribution in [0.4, 0.5) is 0 Å². The summed E-state index contributed by atoms with van der Waals surface area (Å²) in [7, 11) is 0. The Bertz CT molecular complexity index is 291. The summed E-state index contributed by atoms with van der Waals surface area (Å²) in [4.78, 5) is 2.68. The first-order valence-electron chi connectivity index (χ1n) is 2.66. The molecule has 0 aliphatic carbocycles. The van der Waals surface area contributed by atoms with Crippen LogP contribution >= 0.6 is 58.0 Å². The molecule has 108 valence electrons. The van der Waals surface area contributed by atoms with E-state index in [1.807, 2.05) is 0 Å². The van der Waals surface area contributed by atoms with Crippen molar-refractivity contribution in [1.82, 2.24) is 0 Å². The molecule has 0 saturated heterocycles. The van der Waals surface area contributed by atoms with Crippen molar-refractivity contribution in [1.29, 1.82) is 0 Å². The topological polar surface area (TPSA) is 104 Å². The van der Waals surface area contributed by atoms with E-state index < -0.39 is 8.25 Å². The van der Waals surface area contributed by atoms with E-state index in [-0.39, 0.29) is 17.4 Å². The minimum absolute atomic E-state index is 0. The van der Waals surface area contributed by atoms with Crippen LogP contribution in [0.1, 0.15) is 0 Å². The predicted octanol–water partition coefficient (Wildman–Crippen LogP) is 3.22. The van der Waals surface area contributed by atoms with Crippen molar-refractivity contribution in [2.45, 2.75) is 8.25 Å². The Morgan fingerprint density at radius 3 is 0.750 bits per heavy atom. The van der Waals surface area contributed by atoms with E-state index in [2.05, 4.69) is 38.1 Å². The van der Waals surface area contributed by atoms with Crippen molar-refractivity contribution in [3.8, 4) is 0 Å². The largest absolute Gasteiger partial charge is 0 e. The summed E-state index contributed by atoms with van der Waals surface area (Å²) < 4.78 is 33.6. The molecule has 0 fully saturated rings. The Morgan fingerprint density at radius 2 is 0.750 bits per heavy atom. The maximum Gasteiger partial charge on any atom is 0 e. The van der Waals surface area contributed by atoms with Crippen molar-refractivity contribution < 1.29 is 40.6 Å². The van der Waals surface area contributed by atoms with E-state index in [9.17, 15) is 0 Å². The van der Waals surface area contributed by atoms with Crippen LogP contribution in [0.25, 0.3) is 4.85 Å². The van der Waals surface area contributed by atoms with Crippen molar-refractivity contribution in [3.63, 3.8) is 0 Å². The summed E-state index contributed by atoms with van der Waals surface area (Å²) in [5.74, 6) is 0. The van der Waals surface area contributed by atoms with E-state index >= 15 is 0 Å². The second kappa shape index (κ2) is 36.5. The van der Waals surface area contributed by atoms with Crippen LogP contribution in [0.5, 0.6) is 0 Å². The van der Waals surface area contributed by atoms with Crippen LogP contribution in [0.3, 0.4) is 0 Å². The van der Waals surface area contributed by atoms with E-state index in [1.165, 1.54) is 0 Å². The number of hydrogen-bond acceptors (Lipinski definition) is 0. The fraction of sp³-hybridized carbons (Fsp3) is 0.250. The minimum atomic E-state index is -1.99. The van der Waals surface area contributed by atoms with Crippen LogP contribution in [-0.2, 0) is 40.6 Å². The van der Waals surface area contributed by atoms with Crippen LogP contribution < -0.4 is 0 Å². The SMILES string of the molecule is [C-]#[N+]C(Cl)(Cl)C(Cl)(Cl)Cl.[C-]#[O+].[C-]#[O+].[C-]#[O+].[C-]#[O+].[C-]#[O+].[Cr]. The number of rotatable bonds is 0. The second-order valence-electron chi connectivity index (χ2n) is 1.15. The average Bonchev–Trinajstić information content (AvgIpc) is 2.48. The zero-order valence-electron chi connectivity index (χ0n) is 8.79. The molecule has 0 saturated carbocycles. The Kier molecular flexibility index (Phi) is 78.0. The third-order valence-corrected chi connectivity index (χ3v) is 2.62. The van der Waals surface area contributed by atoms with Gasteiger partial charge in [0.05, 0.1) is 0 Å². The second-order valence-corrected chi connectivity index (χ2v) is 4.72. The van der Waals surface area contributed by atoms with E-state index in [0.717, 1.165) is 0 Å². The molecule has 0 aromatic heterocycles. The smallest absolute Gasteiger partial charge is 0 e. The molecule has 20 heavy (non-hydrogen) atoms. The molecule has 0 aromatic carbocycles. The average molecular weight is 419 g/mol. The molecule has 0 radical (unpaired) electrons. The van der Waals surface area contributed by atoms with Gasteiger partial charge in [-0.05, 0) is 23.2 Å². The van der Waals surface area contributed by atoms with Gasteiger partial charge in [-0.2, -0.15) is 0 Å². The third kappa shape index (κ3) is 36.2. The standard InChI is InChI=1S/C3Cl5N.5CO.Cr/c1-9-3(7,8)2(4,5)6;5*1-2;. The predicted molar refractivity (Wildman–Crippen MR) is 61.0 cm³/mol. The maximum atomic E-state index is 7.50. The molecule has 0 spiro atoms. The Hall–Kier alpha value is 0.172. The molecule has 0 N–H and O–H groups in total. The van der Waals surface area contributed by atoms with Crippen molar-refractivity contribution >= 4 is 58.0 Å². The van der Waals surface area contributed by atoms with Crippen molar-refractivity contribution in [3.05, 3.63) is 44.7 Å². The van der Waals surface area contributed by atoms with Gasteiger partial charge in [-0.3, -0.25) is 4.85 Å². The molecule has 0 aromatic rings. The first kappa shape index (κ1) is 42.7. The summed E-state index contributed by atoms with van der Waals surface area (Å²) in [6.07, 6.45) is 0. The molecular weight excluding hydrogens is 419 g/mol. The molecule has 6 nitrogen and oxygen atoms in total. The van der Waals surface area contributed by atoms with E-state index in [4.69, 9.17) is 87.8 Å². The van der Waals surface area contributed by atoms with Crippen molar-refractivity contribution in [2.75, 3.05) is 0 Å². The van der Waals surface area contributed by atoms with Gasteiger partial charge in [0.2, 0.25) is 0 Å². The van der Waals surface area contributed by atoms with E-state index in [1.54, 1.807) is 0 Å². The number of alkyl halides is 5. The zero-order valence-corrected chi connectivity index (χ0v) is 13.8. The number of nitrogens with zero attached hydrogens (tertiary/aromatic N) is 1. The molecular formula is C8Cl5CrNO5. The zero-order chi connectivity index (χ0) is 17.7. The fourth-order valence-corrected chi connectivity index (χ4v) is 0.190. The summed E-state index contributed by atoms with van der Waals surface area (Å²) >= 11 is 26.0. The minimum Gasteiger partial charge on any atom is 0 e. The monoisotopic (exact) mass is 417 g/mol.